The number of nitrogens with one attached hydrogen (secondary N) is 1. The number of carboxylic acid groups (broad SMARTS) is 1. The van der Waals surface area contributed by atoms with E-state index in [2.05, 4.69) is 5.32 Å². The van der Waals surface area contributed by atoms with Crippen LogP contribution in [-0.4, -0.2) is 41.1 Å². The Kier molecular flexibility index (Phi) is 5.14. The summed E-state index contributed by atoms with van der Waals surface area (Å²) < 4.78 is 12.8. The summed E-state index contributed by atoms with van der Waals surface area (Å²) in [6.45, 7) is 0.684. The normalized spacial score (nSPS) is 13.8. The molecule has 1 aromatic rings. The van der Waals surface area contributed by atoms with Crippen molar-refractivity contribution in [3.8, 4) is 0 Å². The van der Waals surface area contributed by atoms with E-state index in [1.54, 1.807) is 17.0 Å². The SMILES string of the molecule is O=C(O)CCNC(=O)N(CCc1ccc(F)cc1)C1CC1. The number of rotatable bonds is 7. The molecule has 21 heavy (non-hydrogen) atoms. The van der Waals surface area contributed by atoms with Crippen molar-refractivity contribution in [1.29, 1.82) is 0 Å². The van der Waals surface area contributed by atoms with Crippen LogP contribution in [-0.2, 0) is 11.2 Å². The van der Waals surface area contributed by atoms with Crippen LogP contribution in [0.5, 0.6) is 0 Å². The first-order valence-corrected chi connectivity index (χ1v) is 7.07. The standard InChI is InChI=1S/C15H19FN2O3/c16-12-3-1-11(2-4-12)8-10-18(13-5-6-13)15(21)17-9-7-14(19)20/h1-4,13H,5-10H2,(H,17,21)(H,19,20). The van der Waals surface area contributed by atoms with Gasteiger partial charge in [0, 0.05) is 19.1 Å². The van der Waals surface area contributed by atoms with Gasteiger partial charge in [-0.25, -0.2) is 9.18 Å². The predicted octanol–water partition coefficient (Wildman–Crippen LogP) is 2.02. The number of benzene rings is 1. The molecular formula is C15H19FN2O3. The lowest BCUT2D eigenvalue weighted by molar-refractivity contribution is -0.136. The number of amides is 2. The second-order valence-electron chi connectivity index (χ2n) is 5.18. The maximum Gasteiger partial charge on any atom is 0.317 e. The molecule has 2 rings (SSSR count). The van der Waals surface area contributed by atoms with Gasteiger partial charge in [0.1, 0.15) is 5.82 Å². The summed E-state index contributed by atoms with van der Waals surface area (Å²) in [6.07, 6.45) is 2.54. The van der Waals surface area contributed by atoms with Gasteiger partial charge in [0.05, 0.1) is 6.42 Å². The minimum absolute atomic E-state index is 0.0811. The fourth-order valence-electron chi connectivity index (χ4n) is 2.11. The zero-order valence-electron chi connectivity index (χ0n) is 11.7. The number of carbonyl (C=O) groups excluding carboxylic acids is 1. The number of urea groups is 1. The Bertz CT molecular complexity index is 500. The number of nitrogens with zero attached hydrogens (tertiary/aromatic N) is 1. The summed E-state index contributed by atoms with van der Waals surface area (Å²) in [4.78, 5) is 24.2. The van der Waals surface area contributed by atoms with Crippen molar-refractivity contribution in [3.05, 3.63) is 35.6 Å². The van der Waals surface area contributed by atoms with Gasteiger partial charge in [-0.15, -0.1) is 0 Å². The van der Waals surface area contributed by atoms with Gasteiger partial charge < -0.3 is 15.3 Å². The molecule has 0 heterocycles. The molecule has 0 spiro atoms. The van der Waals surface area contributed by atoms with E-state index >= 15 is 0 Å². The summed E-state index contributed by atoms with van der Waals surface area (Å²) in [6, 6.07) is 6.26. The summed E-state index contributed by atoms with van der Waals surface area (Å²) >= 11 is 0. The molecule has 0 saturated heterocycles. The van der Waals surface area contributed by atoms with Crippen LogP contribution in [0.1, 0.15) is 24.8 Å². The smallest absolute Gasteiger partial charge is 0.317 e. The number of hydrogen-bond donors (Lipinski definition) is 2. The predicted molar refractivity (Wildman–Crippen MR) is 75.5 cm³/mol. The zero-order valence-corrected chi connectivity index (χ0v) is 11.7. The number of hydrogen-bond acceptors (Lipinski definition) is 2. The molecule has 5 nitrogen and oxygen atoms in total. The molecule has 0 aromatic heterocycles. The quantitative estimate of drug-likeness (QED) is 0.808. The lowest BCUT2D eigenvalue weighted by Crippen LogP contribution is -2.43. The second-order valence-corrected chi connectivity index (χ2v) is 5.18. The summed E-state index contributed by atoms with van der Waals surface area (Å²) in [5.41, 5.74) is 0.973. The van der Waals surface area contributed by atoms with Crippen molar-refractivity contribution >= 4 is 12.0 Å². The van der Waals surface area contributed by atoms with E-state index in [0.717, 1.165) is 18.4 Å². The van der Waals surface area contributed by atoms with E-state index < -0.39 is 5.97 Å². The molecule has 1 aliphatic carbocycles. The third-order valence-corrected chi connectivity index (χ3v) is 3.42. The van der Waals surface area contributed by atoms with E-state index in [1.807, 2.05) is 0 Å². The fourth-order valence-corrected chi connectivity index (χ4v) is 2.11. The third kappa shape index (κ3) is 5.06. The van der Waals surface area contributed by atoms with Crippen molar-refractivity contribution in [2.45, 2.75) is 31.7 Å². The van der Waals surface area contributed by atoms with Crippen molar-refractivity contribution < 1.29 is 19.1 Å². The van der Waals surface area contributed by atoms with Crippen LogP contribution in [0.4, 0.5) is 9.18 Å². The van der Waals surface area contributed by atoms with Crippen LogP contribution in [0.2, 0.25) is 0 Å². The Hall–Kier alpha value is -2.11. The zero-order chi connectivity index (χ0) is 15.2. The Morgan fingerprint density at radius 1 is 1.29 bits per heavy atom. The lowest BCUT2D eigenvalue weighted by Gasteiger charge is -2.22. The van der Waals surface area contributed by atoms with Crippen molar-refractivity contribution in [2.24, 2.45) is 0 Å². The molecule has 0 aliphatic heterocycles. The Morgan fingerprint density at radius 2 is 1.95 bits per heavy atom. The molecule has 0 radical (unpaired) electrons. The van der Waals surface area contributed by atoms with Crippen LogP contribution in [0, 0.1) is 5.82 Å². The Labute approximate surface area is 122 Å². The average Bonchev–Trinajstić information content (AvgIpc) is 3.25. The Morgan fingerprint density at radius 3 is 2.52 bits per heavy atom. The van der Waals surface area contributed by atoms with Gasteiger partial charge >= 0.3 is 12.0 Å². The summed E-state index contributed by atoms with van der Waals surface area (Å²) in [5.74, 6) is -1.20. The summed E-state index contributed by atoms with van der Waals surface area (Å²) in [5, 5.41) is 11.2. The topological polar surface area (TPSA) is 69.6 Å². The molecule has 6 heteroatoms. The summed E-state index contributed by atoms with van der Waals surface area (Å²) in [7, 11) is 0. The average molecular weight is 294 g/mol. The molecule has 2 N–H and O–H groups in total. The molecular weight excluding hydrogens is 275 g/mol. The second kappa shape index (κ2) is 7.06. The number of carbonyl (C=O) groups is 2. The fraction of sp³-hybridized carbons (Fsp3) is 0.467. The van der Waals surface area contributed by atoms with Crippen molar-refractivity contribution in [1.82, 2.24) is 10.2 Å². The van der Waals surface area contributed by atoms with E-state index in [0.29, 0.717) is 13.0 Å². The van der Waals surface area contributed by atoms with Gasteiger partial charge in [-0.3, -0.25) is 4.79 Å². The molecule has 1 aliphatic rings. The molecule has 1 aromatic carbocycles. The molecule has 114 valence electrons. The van der Waals surface area contributed by atoms with E-state index in [9.17, 15) is 14.0 Å². The van der Waals surface area contributed by atoms with Crippen LogP contribution >= 0.6 is 0 Å². The number of halogens is 1. The first-order chi connectivity index (χ1) is 10.1. The van der Waals surface area contributed by atoms with Gasteiger partial charge in [-0.2, -0.15) is 0 Å². The minimum atomic E-state index is -0.931. The molecule has 0 atom stereocenters. The van der Waals surface area contributed by atoms with E-state index in [-0.39, 0.29) is 30.9 Å². The monoisotopic (exact) mass is 294 g/mol. The maximum atomic E-state index is 12.8. The highest BCUT2D eigenvalue weighted by Gasteiger charge is 2.32. The highest BCUT2D eigenvalue weighted by atomic mass is 19.1. The molecule has 2 amide bonds. The van der Waals surface area contributed by atoms with E-state index in [1.165, 1.54) is 12.1 Å². The third-order valence-electron chi connectivity index (χ3n) is 3.42. The lowest BCUT2D eigenvalue weighted by atomic mass is 10.1. The van der Waals surface area contributed by atoms with Gasteiger partial charge in [0.15, 0.2) is 0 Å². The molecule has 0 unspecified atom stereocenters. The van der Waals surface area contributed by atoms with Gasteiger partial charge in [-0.05, 0) is 37.0 Å². The highest BCUT2D eigenvalue weighted by Crippen LogP contribution is 2.27. The van der Waals surface area contributed by atoms with Gasteiger partial charge in [0.2, 0.25) is 0 Å². The number of carboxylic acids is 1. The molecule has 1 fully saturated rings. The highest BCUT2D eigenvalue weighted by molar-refractivity contribution is 5.76. The first kappa shape index (κ1) is 15.3. The van der Waals surface area contributed by atoms with Gasteiger partial charge in [0.25, 0.3) is 0 Å². The Balaban J connectivity index is 1.82. The van der Waals surface area contributed by atoms with Crippen LogP contribution in [0.3, 0.4) is 0 Å². The first-order valence-electron chi connectivity index (χ1n) is 7.07. The van der Waals surface area contributed by atoms with Gasteiger partial charge in [-0.1, -0.05) is 12.1 Å². The minimum Gasteiger partial charge on any atom is -0.481 e. The van der Waals surface area contributed by atoms with Crippen LogP contribution in [0.25, 0.3) is 0 Å². The largest absolute Gasteiger partial charge is 0.481 e. The van der Waals surface area contributed by atoms with Crippen molar-refractivity contribution in [3.63, 3.8) is 0 Å². The maximum absolute atomic E-state index is 12.8. The molecule has 1 saturated carbocycles. The molecule has 0 bridgehead atoms. The van der Waals surface area contributed by atoms with Crippen LogP contribution < -0.4 is 5.32 Å². The number of aliphatic carboxylic acids is 1. The van der Waals surface area contributed by atoms with E-state index in [4.69, 9.17) is 5.11 Å². The van der Waals surface area contributed by atoms with Crippen molar-refractivity contribution in [2.75, 3.05) is 13.1 Å². The van der Waals surface area contributed by atoms with Crippen LogP contribution in [0.15, 0.2) is 24.3 Å².